The normalized spacial score (nSPS) is 11.1. The Bertz CT molecular complexity index is 923. The zero-order valence-corrected chi connectivity index (χ0v) is 14.8. The van der Waals surface area contributed by atoms with Gasteiger partial charge in [0.05, 0.1) is 6.54 Å². The smallest absolute Gasteiger partial charge is 0.257 e. The molecule has 136 valence electrons. The molecule has 1 heterocycles. The molecule has 0 aliphatic carbocycles. The van der Waals surface area contributed by atoms with E-state index in [-0.39, 0.29) is 5.91 Å². The molecule has 0 atom stereocenters. The molecule has 0 aliphatic heterocycles. The Labute approximate surface area is 157 Å². The molecule has 27 heavy (non-hydrogen) atoms. The predicted molar refractivity (Wildman–Crippen MR) is 104 cm³/mol. The first-order chi connectivity index (χ1) is 13.1. The monoisotopic (exact) mass is 362 g/mol. The number of amides is 1. The van der Waals surface area contributed by atoms with Gasteiger partial charge in [-0.25, -0.2) is 9.38 Å². The number of anilines is 1. The number of pyridine rings is 1. The van der Waals surface area contributed by atoms with Crippen LogP contribution in [0.1, 0.15) is 21.5 Å². The Hall–Kier alpha value is -3.54. The molecule has 5 nitrogen and oxygen atoms in total. The van der Waals surface area contributed by atoms with Crippen LogP contribution >= 0.6 is 0 Å². The molecule has 0 saturated carbocycles. The molecule has 6 heteroatoms. The minimum absolute atomic E-state index is 0.303. The Morgan fingerprint density at radius 1 is 1.07 bits per heavy atom. The van der Waals surface area contributed by atoms with Crippen molar-refractivity contribution >= 4 is 17.6 Å². The van der Waals surface area contributed by atoms with Gasteiger partial charge < -0.3 is 5.32 Å². The molecule has 2 N–H and O–H groups in total. The van der Waals surface area contributed by atoms with Crippen LogP contribution in [0.25, 0.3) is 0 Å². The van der Waals surface area contributed by atoms with E-state index in [2.05, 4.69) is 20.6 Å². The topological polar surface area (TPSA) is 66.4 Å². The molecule has 0 aliphatic rings. The van der Waals surface area contributed by atoms with Gasteiger partial charge in [0.2, 0.25) is 5.96 Å². The maximum atomic E-state index is 13.1. The van der Waals surface area contributed by atoms with Crippen molar-refractivity contribution in [2.45, 2.75) is 13.5 Å². The summed E-state index contributed by atoms with van der Waals surface area (Å²) in [7, 11) is 0. The van der Waals surface area contributed by atoms with Crippen LogP contribution in [-0.4, -0.2) is 16.9 Å². The summed E-state index contributed by atoms with van der Waals surface area (Å²) < 4.78 is 13.1. The Morgan fingerprint density at radius 2 is 1.81 bits per heavy atom. The van der Waals surface area contributed by atoms with Gasteiger partial charge in [-0.2, -0.15) is 0 Å². The molecule has 3 rings (SSSR count). The highest BCUT2D eigenvalue weighted by atomic mass is 19.1. The largest absolute Gasteiger partial charge is 0.326 e. The first kappa shape index (κ1) is 18.3. The highest BCUT2D eigenvalue weighted by Crippen LogP contribution is 2.09. The van der Waals surface area contributed by atoms with Crippen LogP contribution < -0.4 is 10.6 Å². The van der Waals surface area contributed by atoms with Crippen molar-refractivity contribution in [2.24, 2.45) is 4.99 Å². The zero-order chi connectivity index (χ0) is 19.1. The number of guanidine groups is 1. The van der Waals surface area contributed by atoms with Gasteiger partial charge >= 0.3 is 0 Å². The van der Waals surface area contributed by atoms with E-state index >= 15 is 0 Å². The van der Waals surface area contributed by atoms with Crippen molar-refractivity contribution in [1.29, 1.82) is 0 Å². The molecule has 3 aromatic rings. The number of nitrogens with one attached hydrogen (secondary N) is 2. The number of hydrogen-bond acceptors (Lipinski definition) is 3. The van der Waals surface area contributed by atoms with Crippen LogP contribution in [0.3, 0.4) is 0 Å². The fourth-order valence-electron chi connectivity index (χ4n) is 2.33. The van der Waals surface area contributed by atoms with Gasteiger partial charge in [-0.3, -0.25) is 15.1 Å². The van der Waals surface area contributed by atoms with Crippen molar-refractivity contribution in [3.05, 3.63) is 95.6 Å². The third kappa shape index (κ3) is 5.47. The molecule has 1 aromatic heterocycles. The molecular formula is C21H19FN4O. The summed E-state index contributed by atoms with van der Waals surface area (Å²) in [6, 6.07) is 16.8. The Balaban J connectivity index is 1.78. The average molecular weight is 362 g/mol. The number of hydrogen-bond donors (Lipinski definition) is 2. The summed E-state index contributed by atoms with van der Waals surface area (Å²) in [5, 5.41) is 5.86. The van der Waals surface area contributed by atoms with E-state index in [1.165, 1.54) is 24.3 Å². The second kappa shape index (κ2) is 8.71. The maximum absolute atomic E-state index is 13.1. The fourth-order valence-corrected chi connectivity index (χ4v) is 2.33. The van der Waals surface area contributed by atoms with Crippen LogP contribution in [0.2, 0.25) is 0 Å². The zero-order valence-electron chi connectivity index (χ0n) is 14.8. The SMILES string of the molecule is Cc1ccc(NC(=NCc2cccnc2)NC(=O)c2ccc(F)cc2)cc1. The van der Waals surface area contributed by atoms with Gasteiger partial charge in [0.1, 0.15) is 5.82 Å². The molecular weight excluding hydrogens is 343 g/mol. The van der Waals surface area contributed by atoms with E-state index in [9.17, 15) is 9.18 Å². The van der Waals surface area contributed by atoms with Crippen LogP contribution in [0.4, 0.5) is 10.1 Å². The summed E-state index contributed by atoms with van der Waals surface area (Å²) in [6.45, 7) is 2.35. The molecule has 0 saturated heterocycles. The molecule has 0 radical (unpaired) electrons. The lowest BCUT2D eigenvalue weighted by atomic mass is 10.2. The van der Waals surface area contributed by atoms with Crippen LogP contribution in [0, 0.1) is 12.7 Å². The molecule has 0 spiro atoms. The number of carbonyl (C=O) groups excluding carboxylic acids is 1. The fraction of sp³-hybridized carbons (Fsp3) is 0.0952. The van der Waals surface area contributed by atoms with E-state index in [0.717, 1.165) is 16.8 Å². The standard InChI is InChI=1S/C21H19FN4O/c1-15-4-10-19(11-5-15)25-21(24-14-16-3-2-12-23-13-16)26-20(27)17-6-8-18(22)9-7-17/h2-13H,14H2,1H3,(H2,24,25,26,27). The summed E-state index contributed by atoms with van der Waals surface area (Å²) in [5.74, 6) is -0.466. The van der Waals surface area contributed by atoms with Gasteiger partial charge in [-0.15, -0.1) is 0 Å². The van der Waals surface area contributed by atoms with Gasteiger partial charge in [0, 0.05) is 23.6 Å². The van der Waals surface area contributed by atoms with Crippen LogP contribution in [-0.2, 0) is 6.54 Å². The quantitative estimate of drug-likeness (QED) is 0.546. The van der Waals surface area contributed by atoms with Crippen molar-refractivity contribution < 1.29 is 9.18 Å². The van der Waals surface area contributed by atoms with Gasteiger partial charge in [-0.1, -0.05) is 23.8 Å². The number of benzene rings is 2. The first-order valence-corrected chi connectivity index (χ1v) is 8.44. The van der Waals surface area contributed by atoms with Crippen molar-refractivity contribution in [1.82, 2.24) is 10.3 Å². The average Bonchev–Trinajstić information content (AvgIpc) is 2.69. The number of nitrogens with zero attached hydrogens (tertiary/aromatic N) is 2. The Kier molecular flexibility index (Phi) is 5.89. The third-order valence-corrected chi connectivity index (χ3v) is 3.80. The number of rotatable bonds is 4. The number of aliphatic imine (C=N–C) groups is 1. The van der Waals surface area contributed by atoms with Gasteiger partial charge in [-0.05, 0) is 55.0 Å². The summed E-state index contributed by atoms with van der Waals surface area (Å²) in [6.07, 6.45) is 3.41. The third-order valence-electron chi connectivity index (χ3n) is 3.80. The summed E-state index contributed by atoms with van der Waals surface area (Å²) >= 11 is 0. The molecule has 1 amide bonds. The lowest BCUT2D eigenvalue weighted by molar-refractivity contribution is 0.0977. The lowest BCUT2D eigenvalue weighted by Gasteiger charge is -2.12. The van der Waals surface area contributed by atoms with Crippen molar-refractivity contribution in [3.63, 3.8) is 0 Å². The number of halogens is 1. The van der Waals surface area contributed by atoms with Crippen molar-refractivity contribution in [3.8, 4) is 0 Å². The molecule has 0 bridgehead atoms. The number of aromatic nitrogens is 1. The highest BCUT2D eigenvalue weighted by molar-refractivity contribution is 6.09. The minimum Gasteiger partial charge on any atom is -0.326 e. The van der Waals surface area contributed by atoms with E-state index in [1.54, 1.807) is 12.4 Å². The van der Waals surface area contributed by atoms with Gasteiger partial charge in [0.25, 0.3) is 5.91 Å². The molecule has 0 fully saturated rings. The number of carbonyl (C=O) groups is 1. The second-order valence-electron chi connectivity index (χ2n) is 5.98. The minimum atomic E-state index is -0.394. The summed E-state index contributed by atoms with van der Waals surface area (Å²) in [4.78, 5) is 21.0. The van der Waals surface area contributed by atoms with E-state index < -0.39 is 5.82 Å². The second-order valence-corrected chi connectivity index (χ2v) is 5.98. The number of aryl methyl sites for hydroxylation is 1. The first-order valence-electron chi connectivity index (χ1n) is 8.44. The highest BCUT2D eigenvalue weighted by Gasteiger charge is 2.09. The van der Waals surface area contributed by atoms with Crippen LogP contribution in [0.15, 0.2) is 78.0 Å². The maximum Gasteiger partial charge on any atom is 0.257 e. The lowest BCUT2D eigenvalue weighted by Crippen LogP contribution is -2.36. The molecule has 0 unspecified atom stereocenters. The van der Waals surface area contributed by atoms with Gasteiger partial charge in [0.15, 0.2) is 0 Å². The predicted octanol–water partition coefficient (Wildman–Crippen LogP) is 3.93. The van der Waals surface area contributed by atoms with E-state index in [4.69, 9.17) is 0 Å². The Morgan fingerprint density at radius 3 is 2.48 bits per heavy atom. The molecule has 2 aromatic carbocycles. The van der Waals surface area contributed by atoms with Crippen molar-refractivity contribution in [2.75, 3.05) is 5.32 Å². The summed E-state index contributed by atoms with van der Waals surface area (Å²) in [5.41, 5.74) is 3.18. The van der Waals surface area contributed by atoms with E-state index in [0.29, 0.717) is 18.1 Å². The van der Waals surface area contributed by atoms with Crippen LogP contribution in [0.5, 0.6) is 0 Å². The van der Waals surface area contributed by atoms with E-state index in [1.807, 2.05) is 43.3 Å².